The normalized spacial score (nSPS) is 11.5. The molecule has 2 heterocycles. The minimum absolute atomic E-state index is 0.115. The molecule has 6 heteroatoms. The van der Waals surface area contributed by atoms with Crippen LogP contribution in [-0.2, 0) is 17.6 Å². The zero-order valence-corrected chi connectivity index (χ0v) is 10.7. The fourth-order valence-corrected chi connectivity index (χ4v) is 2.68. The second kappa shape index (κ2) is 4.83. The second-order valence-corrected chi connectivity index (χ2v) is 5.49. The molecule has 92 valence electrons. The van der Waals surface area contributed by atoms with Gasteiger partial charge in [0.25, 0.3) is 0 Å². The number of aliphatic carboxylic acids is 1. The van der Waals surface area contributed by atoms with Gasteiger partial charge < -0.3 is 5.11 Å². The van der Waals surface area contributed by atoms with Crippen molar-refractivity contribution in [1.29, 1.82) is 0 Å². The summed E-state index contributed by atoms with van der Waals surface area (Å²) in [6.07, 6.45) is 3.35. The van der Waals surface area contributed by atoms with Crippen molar-refractivity contribution >= 4 is 22.3 Å². The molecule has 0 aliphatic rings. The van der Waals surface area contributed by atoms with Crippen molar-refractivity contribution in [3.8, 4) is 0 Å². The van der Waals surface area contributed by atoms with Crippen molar-refractivity contribution in [2.24, 2.45) is 5.92 Å². The highest BCUT2D eigenvalue weighted by molar-refractivity contribution is 7.16. The molecule has 0 spiro atoms. The van der Waals surface area contributed by atoms with E-state index < -0.39 is 5.97 Å². The van der Waals surface area contributed by atoms with Gasteiger partial charge in [-0.3, -0.25) is 4.79 Å². The Bertz CT molecular complexity index is 498. The summed E-state index contributed by atoms with van der Waals surface area (Å²) in [5.74, 6) is -0.216. The van der Waals surface area contributed by atoms with Crippen LogP contribution in [0.3, 0.4) is 0 Å². The first-order valence-corrected chi connectivity index (χ1v) is 6.42. The maximum atomic E-state index is 10.5. The Morgan fingerprint density at radius 1 is 1.59 bits per heavy atom. The van der Waals surface area contributed by atoms with Gasteiger partial charge in [0.05, 0.1) is 18.3 Å². The highest BCUT2D eigenvalue weighted by atomic mass is 32.1. The van der Waals surface area contributed by atoms with Crippen molar-refractivity contribution in [3.05, 3.63) is 16.9 Å². The quantitative estimate of drug-likeness (QED) is 0.885. The molecular weight excluding hydrogens is 238 g/mol. The molecule has 2 aromatic heterocycles. The second-order valence-electron chi connectivity index (χ2n) is 4.45. The predicted octanol–water partition coefficient (Wildman–Crippen LogP) is 2.01. The monoisotopic (exact) mass is 253 g/mol. The molecule has 17 heavy (non-hydrogen) atoms. The first kappa shape index (κ1) is 12.0. The summed E-state index contributed by atoms with van der Waals surface area (Å²) in [7, 11) is 0. The van der Waals surface area contributed by atoms with Crippen LogP contribution < -0.4 is 0 Å². The maximum Gasteiger partial charge on any atom is 0.303 e. The van der Waals surface area contributed by atoms with Crippen LogP contribution in [0, 0.1) is 5.92 Å². The number of imidazole rings is 1. The largest absolute Gasteiger partial charge is 0.481 e. The zero-order chi connectivity index (χ0) is 12.4. The van der Waals surface area contributed by atoms with Crippen LogP contribution in [0.15, 0.2) is 6.20 Å². The summed E-state index contributed by atoms with van der Waals surface area (Å²) >= 11 is 1.57. The smallest absolute Gasteiger partial charge is 0.303 e. The number of aryl methyl sites for hydroxylation is 1. The highest BCUT2D eigenvalue weighted by Gasteiger charge is 2.10. The van der Waals surface area contributed by atoms with Crippen molar-refractivity contribution in [1.82, 2.24) is 14.6 Å². The maximum absolute atomic E-state index is 10.5. The fourth-order valence-electron chi connectivity index (χ4n) is 1.57. The van der Waals surface area contributed by atoms with Crippen LogP contribution in [0.25, 0.3) is 4.96 Å². The minimum atomic E-state index is -0.796. The van der Waals surface area contributed by atoms with Gasteiger partial charge in [-0.25, -0.2) is 9.50 Å². The molecule has 0 fully saturated rings. The van der Waals surface area contributed by atoms with E-state index in [4.69, 9.17) is 5.11 Å². The van der Waals surface area contributed by atoms with Gasteiger partial charge in [0.15, 0.2) is 0 Å². The van der Waals surface area contributed by atoms with E-state index >= 15 is 0 Å². The van der Waals surface area contributed by atoms with Crippen LogP contribution in [0.2, 0.25) is 0 Å². The first-order chi connectivity index (χ1) is 8.04. The van der Waals surface area contributed by atoms with Gasteiger partial charge in [0.2, 0.25) is 4.96 Å². The van der Waals surface area contributed by atoms with E-state index in [9.17, 15) is 4.79 Å². The summed E-state index contributed by atoms with van der Waals surface area (Å²) in [5.41, 5.74) is 0.794. The number of fused-ring (bicyclic) bond motifs is 1. The number of rotatable bonds is 5. The Morgan fingerprint density at radius 2 is 2.35 bits per heavy atom. The molecule has 5 nitrogen and oxygen atoms in total. The van der Waals surface area contributed by atoms with Crippen LogP contribution in [0.5, 0.6) is 0 Å². The molecule has 0 saturated carbocycles. The zero-order valence-electron chi connectivity index (χ0n) is 9.88. The lowest BCUT2D eigenvalue weighted by atomic mass is 10.1. The summed E-state index contributed by atoms with van der Waals surface area (Å²) in [5, 5.41) is 14.1. The van der Waals surface area contributed by atoms with Crippen LogP contribution >= 0.6 is 11.3 Å². The Morgan fingerprint density at radius 3 is 2.94 bits per heavy atom. The fraction of sp³-hybridized carbons (Fsp3) is 0.545. The molecule has 2 aromatic rings. The van der Waals surface area contributed by atoms with E-state index in [1.807, 2.05) is 6.20 Å². The minimum Gasteiger partial charge on any atom is -0.481 e. The third-order valence-corrected chi connectivity index (χ3v) is 3.26. The van der Waals surface area contributed by atoms with Crippen molar-refractivity contribution in [2.45, 2.75) is 33.1 Å². The molecule has 0 unspecified atom stereocenters. The summed E-state index contributed by atoms with van der Waals surface area (Å²) < 4.78 is 1.75. The van der Waals surface area contributed by atoms with E-state index in [0.717, 1.165) is 22.1 Å². The molecule has 2 rings (SSSR count). The number of carbonyl (C=O) groups is 1. The Labute approximate surface area is 103 Å². The molecule has 1 N–H and O–H groups in total. The third kappa shape index (κ3) is 3.03. The molecule has 0 saturated heterocycles. The number of hydrogen-bond acceptors (Lipinski definition) is 4. The summed E-state index contributed by atoms with van der Waals surface area (Å²) in [6.45, 7) is 4.31. The molecule has 0 aliphatic carbocycles. The van der Waals surface area contributed by atoms with E-state index in [0.29, 0.717) is 12.3 Å². The van der Waals surface area contributed by atoms with Crippen molar-refractivity contribution in [2.75, 3.05) is 0 Å². The van der Waals surface area contributed by atoms with Crippen LogP contribution in [0.4, 0.5) is 0 Å². The van der Waals surface area contributed by atoms with Gasteiger partial charge in [-0.2, -0.15) is 5.10 Å². The molecular formula is C11H15N3O2S. The standard InChI is InChI=1S/C11H15N3O2S/c1-7(2)5-9-13-14-6-8(3-4-10(15)16)12-11(14)17-9/h6-7H,3-5H2,1-2H3,(H,15,16). The van der Waals surface area contributed by atoms with Gasteiger partial charge in [-0.1, -0.05) is 25.2 Å². The molecule has 0 radical (unpaired) electrons. The number of nitrogens with zero attached hydrogens (tertiary/aromatic N) is 3. The number of carboxylic acids is 1. The Kier molecular flexibility index (Phi) is 3.42. The summed E-state index contributed by atoms with van der Waals surface area (Å²) in [6, 6.07) is 0. The Balaban J connectivity index is 2.11. The molecule has 0 aromatic carbocycles. The predicted molar refractivity (Wildman–Crippen MR) is 65.4 cm³/mol. The number of hydrogen-bond donors (Lipinski definition) is 1. The third-order valence-electron chi connectivity index (χ3n) is 2.31. The molecule has 0 aliphatic heterocycles. The average Bonchev–Trinajstić information content (AvgIpc) is 2.70. The number of aromatic nitrogens is 3. The Hall–Kier alpha value is -1.43. The van der Waals surface area contributed by atoms with E-state index in [1.54, 1.807) is 15.9 Å². The molecule has 0 atom stereocenters. The SMILES string of the molecule is CC(C)Cc1nn2cc(CCC(=O)O)nc2s1. The van der Waals surface area contributed by atoms with Gasteiger partial charge in [0.1, 0.15) is 5.01 Å². The lowest BCUT2D eigenvalue weighted by Gasteiger charge is -1.97. The first-order valence-electron chi connectivity index (χ1n) is 5.60. The van der Waals surface area contributed by atoms with E-state index in [2.05, 4.69) is 23.9 Å². The number of carboxylic acid groups (broad SMARTS) is 1. The highest BCUT2D eigenvalue weighted by Crippen LogP contribution is 2.18. The summed E-state index contributed by atoms with van der Waals surface area (Å²) in [4.78, 5) is 15.7. The van der Waals surface area contributed by atoms with E-state index in [1.165, 1.54) is 0 Å². The lowest BCUT2D eigenvalue weighted by Crippen LogP contribution is -1.97. The van der Waals surface area contributed by atoms with Gasteiger partial charge in [0, 0.05) is 12.8 Å². The molecule has 0 bridgehead atoms. The van der Waals surface area contributed by atoms with Gasteiger partial charge in [-0.15, -0.1) is 0 Å². The van der Waals surface area contributed by atoms with E-state index in [-0.39, 0.29) is 6.42 Å². The van der Waals surface area contributed by atoms with Crippen molar-refractivity contribution in [3.63, 3.8) is 0 Å². The lowest BCUT2D eigenvalue weighted by molar-refractivity contribution is -0.136. The van der Waals surface area contributed by atoms with Gasteiger partial charge in [-0.05, 0) is 5.92 Å². The van der Waals surface area contributed by atoms with Crippen molar-refractivity contribution < 1.29 is 9.90 Å². The van der Waals surface area contributed by atoms with Crippen LogP contribution in [-0.4, -0.2) is 25.7 Å². The average molecular weight is 253 g/mol. The topological polar surface area (TPSA) is 67.5 Å². The van der Waals surface area contributed by atoms with Crippen LogP contribution in [0.1, 0.15) is 31.0 Å². The van der Waals surface area contributed by atoms with Gasteiger partial charge >= 0.3 is 5.97 Å². The molecule has 0 amide bonds.